The minimum atomic E-state index is -1.92. The van der Waals surface area contributed by atoms with Gasteiger partial charge in [0.1, 0.15) is 0 Å². The molecule has 0 saturated heterocycles. The Morgan fingerprint density at radius 3 is 1.36 bits per heavy atom. The van der Waals surface area contributed by atoms with E-state index in [1.165, 1.54) is 33.4 Å². The van der Waals surface area contributed by atoms with Gasteiger partial charge in [-0.15, -0.1) is 0 Å². The highest BCUT2D eigenvalue weighted by Crippen LogP contribution is 2.51. The Morgan fingerprint density at radius 2 is 1.08 bits per heavy atom. The van der Waals surface area contributed by atoms with Crippen LogP contribution in [0.1, 0.15) is 69.3 Å². The maximum Gasteiger partial charge on any atom is 0.162 e. The molecule has 0 saturated carbocycles. The number of hydrogen-bond acceptors (Lipinski definition) is 0. The van der Waals surface area contributed by atoms with Crippen LogP contribution in [0, 0.1) is 0 Å². The summed E-state index contributed by atoms with van der Waals surface area (Å²) in [6.07, 6.45) is 0. The fourth-order valence-corrected chi connectivity index (χ4v) is 6.60. The second-order valence-electron chi connectivity index (χ2n) is 10.1. The van der Waals surface area contributed by atoms with Gasteiger partial charge in [0, 0.05) is 5.54 Å². The van der Waals surface area contributed by atoms with Crippen molar-refractivity contribution in [3.8, 4) is 11.1 Å². The Bertz CT molecular complexity index is 750. The van der Waals surface area contributed by atoms with Crippen LogP contribution < -0.4 is 0 Å². The normalized spacial score (nSPS) is 15.2. The van der Waals surface area contributed by atoms with Crippen LogP contribution in [0.2, 0.25) is 13.1 Å². The lowest BCUT2D eigenvalue weighted by Gasteiger charge is -2.27. The molecule has 134 valence electrons. The SMILES string of the molecule is CC(C)(C)c1ccc2c(c1)C([Si](C)(C)Cl)c1cc(C(C)(C)C)ccc1-2. The number of hydrogen-bond donors (Lipinski definition) is 0. The van der Waals surface area contributed by atoms with Crippen molar-refractivity contribution in [2.75, 3.05) is 0 Å². The van der Waals surface area contributed by atoms with E-state index < -0.39 is 7.38 Å². The molecule has 2 heteroatoms. The maximum atomic E-state index is 7.07. The summed E-state index contributed by atoms with van der Waals surface area (Å²) >= 11 is 7.07. The van der Waals surface area contributed by atoms with E-state index in [9.17, 15) is 0 Å². The largest absolute Gasteiger partial charge is 0.167 e. The number of halogens is 1. The van der Waals surface area contributed by atoms with Crippen LogP contribution in [0.4, 0.5) is 0 Å². The Morgan fingerprint density at radius 1 is 0.720 bits per heavy atom. The van der Waals surface area contributed by atoms with E-state index in [1.807, 2.05) is 0 Å². The molecule has 25 heavy (non-hydrogen) atoms. The Kier molecular flexibility index (Phi) is 4.29. The summed E-state index contributed by atoms with van der Waals surface area (Å²) < 4.78 is 0. The van der Waals surface area contributed by atoms with Crippen LogP contribution >= 0.6 is 11.1 Å². The third-order valence-electron chi connectivity index (χ3n) is 5.43. The third kappa shape index (κ3) is 3.33. The summed E-state index contributed by atoms with van der Waals surface area (Å²) in [4.78, 5) is 0. The summed E-state index contributed by atoms with van der Waals surface area (Å²) in [5.41, 5.74) is 9.13. The highest BCUT2D eigenvalue weighted by Gasteiger charge is 2.41. The molecule has 0 aromatic heterocycles. The fraction of sp³-hybridized carbons (Fsp3) is 0.478. The van der Waals surface area contributed by atoms with Gasteiger partial charge in [0.2, 0.25) is 0 Å². The molecule has 0 bridgehead atoms. The van der Waals surface area contributed by atoms with Gasteiger partial charge >= 0.3 is 0 Å². The first-order valence-electron chi connectivity index (χ1n) is 9.28. The van der Waals surface area contributed by atoms with E-state index in [0.29, 0.717) is 5.54 Å². The zero-order chi connectivity index (χ0) is 18.8. The molecule has 1 aliphatic rings. The minimum Gasteiger partial charge on any atom is -0.167 e. The topological polar surface area (TPSA) is 0 Å². The van der Waals surface area contributed by atoms with Gasteiger partial charge in [-0.05, 0) is 44.2 Å². The van der Waals surface area contributed by atoms with E-state index in [-0.39, 0.29) is 10.8 Å². The van der Waals surface area contributed by atoms with Crippen molar-refractivity contribution < 1.29 is 0 Å². The van der Waals surface area contributed by atoms with E-state index >= 15 is 0 Å². The molecule has 0 unspecified atom stereocenters. The van der Waals surface area contributed by atoms with E-state index in [2.05, 4.69) is 91.0 Å². The molecule has 0 atom stereocenters. The van der Waals surface area contributed by atoms with Crippen molar-refractivity contribution in [2.24, 2.45) is 0 Å². The van der Waals surface area contributed by atoms with E-state index in [1.54, 1.807) is 0 Å². The molecule has 0 nitrogen and oxygen atoms in total. The summed E-state index contributed by atoms with van der Waals surface area (Å²) in [7, 11) is -1.92. The van der Waals surface area contributed by atoms with Crippen molar-refractivity contribution in [3.63, 3.8) is 0 Å². The zero-order valence-electron chi connectivity index (χ0n) is 16.9. The molecule has 0 fully saturated rings. The summed E-state index contributed by atoms with van der Waals surface area (Å²) in [5, 5.41) is 0. The van der Waals surface area contributed by atoms with Crippen LogP contribution in [0.5, 0.6) is 0 Å². The minimum absolute atomic E-state index is 0.156. The molecule has 0 amide bonds. The molecule has 0 N–H and O–H groups in total. The van der Waals surface area contributed by atoms with Crippen molar-refractivity contribution in [2.45, 2.75) is 71.0 Å². The zero-order valence-corrected chi connectivity index (χ0v) is 18.7. The van der Waals surface area contributed by atoms with Crippen LogP contribution in [0.15, 0.2) is 36.4 Å². The van der Waals surface area contributed by atoms with E-state index in [0.717, 1.165) is 0 Å². The fourth-order valence-electron chi connectivity index (χ4n) is 3.93. The first kappa shape index (κ1) is 18.7. The van der Waals surface area contributed by atoms with Gasteiger partial charge in [-0.25, -0.2) is 0 Å². The third-order valence-corrected chi connectivity index (χ3v) is 8.08. The Labute approximate surface area is 159 Å². The van der Waals surface area contributed by atoms with Gasteiger partial charge in [-0.2, -0.15) is 11.1 Å². The van der Waals surface area contributed by atoms with Gasteiger partial charge in [-0.1, -0.05) is 91.0 Å². The van der Waals surface area contributed by atoms with Crippen LogP contribution in [0.3, 0.4) is 0 Å². The molecule has 2 aromatic carbocycles. The smallest absolute Gasteiger partial charge is 0.162 e. The highest BCUT2D eigenvalue weighted by molar-refractivity contribution is 7.20. The Hall–Kier alpha value is -1.05. The van der Waals surface area contributed by atoms with Gasteiger partial charge < -0.3 is 0 Å². The predicted octanol–water partition coefficient (Wildman–Crippen LogP) is 7.38. The van der Waals surface area contributed by atoms with E-state index in [4.69, 9.17) is 11.1 Å². The summed E-state index contributed by atoms with van der Waals surface area (Å²) in [5.74, 6) is 0. The van der Waals surface area contributed by atoms with Gasteiger partial charge in [0.25, 0.3) is 0 Å². The van der Waals surface area contributed by atoms with Gasteiger partial charge in [0.15, 0.2) is 7.38 Å². The molecule has 0 spiro atoms. The standard InChI is InChI=1S/C23H31ClSi/c1-22(2,3)15-9-11-17-18-12-10-16(23(4,5)6)14-20(18)21(19(17)13-15)25(7,8)24/h9-14,21H,1-8H3. The number of benzene rings is 2. The highest BCUT2D eigenvalue weighted by atomic mass is 35.6. The molecular formula is C23H31ClSi. The molecule has 1 aliphatic carbocycles. The van der Waals surface area contributed by atoms with Crippen LogP contribution in [0.25, 0.3) is 11.1 Å². The molecular weight excluding hydrogens is 340 g/mol. The van der Waals surface area contributed by atoms with Crippen molar-refractivity contribution >= 4 is 18.5 Å². The van der Waals surface area contributed by atoms with Crippen molar-refractivity contribution in [1.29, 1.82) is 0 Å². The lowest BCUT2D eigenvalue weighted by molar-refractivity contribution is 0.589. The lowest BCUT2D eigenvalue weighted by Crippen LogP contribution is -2.28. The molecule has 0 heterocycles. The lowest BCUT2D eigenvalue weighted by atomic mass is 9.85. The first-order valence-corrected chi connectivity index (χ1v) is 13.4. The molecule has 0 radical (unpaired) electrons. The summed E-state index contributed by atoms with van der Waals surface area (Å²) in [6, 6.07) is 14.1. The Balaban J connectivity index is 2.26. The summed E-state index contributed by atoms with van der Waals surface area (Å²) in [6.45, 7) is 18.3. The second kappa shape index (κ2) is 5.72. The number of fused-ring (bicyclic) bond motifs is 3. The van der Waals surface area contributed by atoms with Crippen LogP contribution in [-0.2, 0) is 10.8 Å². The first-order chi connectivity index (χ1) is 11.3. The average molecular weight is 371 g/mol. The quantitative estimate of drug-likeness (QED) is 0.363. The average Bonchev–Trinajstić information content (AvgIpc) is 2.77. The van der Waals surface area contributed by atoms with Crippen molar-refractivity contribution in [1.82, 2.24) is 0 Å². The predicted molar refractivity (Wildman–Crippen MR) is 114 cm³/mol. The van der Waals surface area contributed by atoms with Crippen LogP contribution in [-0.4, -0.2) is 7.38 Å². The molecule has 3 rings (SSSR count). The number of rotatable bonds is 1. The van der Waals surface area contributed by atoms with Gasteiger partial charge in [-0.3, -0.25) is 0 Å². The maximum absolute atomic E-state index is 7.07. The monoisotopic (exact) mass is 370 g/mol. The molecule has 2 aromatic rings. The van der Waals surface area contributed by atoms with Crippen molar-refractivity contribution in [3.05, 3.63) is 58.7 Å². The van der Waals surface area contributed by atoms with Gasteiger partial charge in [0.05, 0.1) is 0 Å². The second-order valence-corrected chi connectivity index (χ2v) is 16.7. The molecule has 0 aliphatic heterocycles.